The summed E-state index contributed by atoms with van der Waals surface area (Å²) in [5.41, 5.74) is 1.29. The molecule has 3 aromatic rings. The molecule has 0 aromatic heterocycles. The summed E-state index contributed by atoms with van der Waals surface area (Å²) >= 11 is 6.22. The van der Waals surface area contributed by atoms with Crippen LogP contribution in [0.3, 0.4) is 0 Å². The number of halogens is 1. The van der Waals surface area contributed by atoms with E-state index in [0.717, 1.165) is 0 Å². The van der Waals surface area contributed by atoms with Crippen molar-refractivity contribution >= 4 is 40.7 Å². The van der Waals surface area contributed by atoms with Crippen LogP contribution in [0.5, 0.6) is 5.75 Å². The van der Waals surface area contributed by atoms with Crippen LogP contribution >= 0.6 is 11.6 Å². The van der Waals surface area contributed by atoms with Gasteiger partial charge in [-0.1, -0.05) is 48.0 Å². The number of hydrogen-bond acceptors (Lipinski definition) is 6. The largest absolute Gasteiger partial charge is 0.507 e. The van der Waals surface area contributed by atoms with Crippen molar-refractivity contribution in [3.63, 3.8) is 0 Å². The molecule has 8 heteroatoms. The summed E-state index contributed by atoms with van der Waals surface area (Å²) in [7, 11) is 2.72. The molecule has 1 unspecified atom stereocenters. The molecule has 0 aliphatic carbocycles. The monoisotopic (exact) mass is 477 g/mol. The van der Waals surface area contributed by atoms with Gasteiger partial charge in [0.1, 0.15) is 11.5 Å². The molecule has 1 atom stereocenters. The maximum atomic E-state index is 13.2. The van der Waals surface area contributed by atoms with Crippen LogP contribution in [-0.4, -0.2) is 37.0 Å². The Balaban J connectivity index is 1.92. The molecule has 172 valence electrons. The van der Waals surface area contributed by atoms with Crippen LogP contribution in [0.25, 0.3) is 5.76 Å². The number of aliphatic hydroxyl groups excluding tert-OH is 1. The molecule has 0 radical (unpaired) electrons. The van der Waals surface area contributed by atoms with E-state index in [0.29, 0.717) is 17.0 Å². The molecular formula is C26H20ClNO6. The van der Waals surface area contributed by atoms with Gasteiger partial charge in [-0.2, -0.15) is 0 Å². The predicted octanol–water partition coefficient (Wildman–Crippen LogP) is 4.76. The van der Waals surface area contributed by atoms with Crippen molar-refractivity contribution in [2.75, 3.05) is 19.1 Å². The van der Waals surface area contributed by atoms with Crippen molar-refractivity contribution in [3.8, 4) is 5.75 Å². The van der Waals surface area contributed by atoms with E-state index in [1.807, 2.05) is 0 Å². The third-order valence-electron chi connectivity index (χ3n) is 5.53. The fraction of sp³-hybridized carbons (Fsp3) is 0.115. The number of rotatable bonds is 5. The van der Waals surface area contributed by atoms with Crippen LogP contribution in [0.1, 0.15) is 27.5 Å². The molecule has 3 aromatic carbocycles. The minimum Gasteiger partial charge on any atom is -0.507 e. The Labute approximate surface area is 200 Å². The number of Topliss-reactive ketones (excluding diaryl/α,β-unsaturated/α-hetero) is 1. The van der Waals surface area contributed by atoms with E-state index in [9.17, 15) is 19.5 Å². The SMILES string of the molecule is COC(=O)c1cccc(N2C(=O)C(=O)/C(=C(/O)c3ccc(OC)c(Cl)c3)C2c2ccccc2)c1. The first kappa shape index (κ1) is 23.1. The third-order valence-corrected chi connectivity index (χ3v) is 5.83. The van der Waals surface area contributed by atoms with Gasteiger partial charge in [-0.15, -0.1) is 0 Å². The van der Waals surface area contributed by atoms with E-state index in [4.69, 9.17) is 21.1 Å². The zero-order valence-electron chi connectivity index (χ0n) is 18.3. The number of amides is 1. The smallest absolute Gasteiger partial charge is 0.337 e. The number of benzene rings is 3. The zero-order chi connectivity index (χ0) is 24.4. The molecule has 1 amide bonds. The molecule has 0 spiro atoms. The lowest BCUT2D eigenvalue weighted by atomic mass is 9.95. The van der Waals surface area contributed by atoms with Gasteiger partial charge in [0.15, 0.2) is 0 Å². The molecule has 1 fully saturated rings. The molecule has 7 nitrogen and oxygen atoms in total. The number of ether oxygens (including phenoxy) is 2. The first-order valence-corrected chi connectivity index (χ1v) is 10.6. The summed E-state index contributed by atoms with van der Waals surface area (Å²) in [6.45, 7) is 0. The highest BCUT2D eigenvalue weighted by molar-refractivity contribution is 6.51. The van der Waals surface area contributed by atoms with Gasteiger partial charge in [-0.25, -0.2) is 4.79 Å². The van der Waals surface area contributed by atoms with Gasteiger partial charge in [-0.3, -0.25) is 14.5 Å². The van der Waals surface area contributed by atoms with Crippen molar-refractivity contribution in [1.82, 2.24) is 0 Å². The van der Waals surface area contributed by atoms with Gasteiger partial charge in [0.25, 0.3) is 11.7 Å². The highest BCUT2D eigenvalue weighted by Crippen LogP contribution is 2.42. The van der Waals surface area contributed by atoms with Crippen LogP contribution in [0, 0.1) is 0 Å². The lowest BCUT2D eigenvalue weighted by Gasteiger charge is -2.25. The Kier molecular flexibility index (Phi) is 6.38. The van der Waals surface area contributed by atoms with E-state index >= 15 is 0 Å². The van der Waals surface area contributed by atoms with Crippen molar-refractivity contribution in [2.45, 2.75) is 6.04 Å². The number of aliphatic hydroxyl groups is 1. The minimum atomic E-state index is -0.935. The Morgan fingerprint density at radius 1 is 0.941 bits per heavy atom. The Bertz CT molecular complexity index is 1320. The number of methoxy groups -OCH3 is 2. The molecule has 1 N–H and O–H groups in total. The van der Waals surface area contributed by atoms with Crippen LogP contribution < -0.4 is 9.64 Å². The highest BCUT2D eigenvalue weighted by Gasteiger charge is 2.47. The summed E-state index contributed by atoms with van der Waals surface area (Å²) < 4.78 is 9.93. The van der Waals surface area contributed by atoms with E-state index < -0.39 is 23.7 Å². The van der Waals surface area contributed by atoms with Gasteiger partial charge in [0.05, 0.1) is 36.4 Å². The quantitative estimate of drug-likeness (QED) is 0.246. The van der Waals surface area contributed by atoms with Crippen molar-refractivity contribution in [2.24, 2.45) is 0 Å². The standard InChI is InChI=1S/C26H20ClNO6/c1-33-20-12-11-16(14-19(20)27)23(29)21-22(15-7-4-3-5-8-15)28(25(31)24(21)30)18-10-6-9-17(13-18)26(32)34-2/h3-14,22,29H,1-2H3/b23-21+. The molecule has 1 aliphatic rings. The third kappa shape index (κ3) is 4.02. The topological polar surface area (TPSA) is 93.1 Å². The molecule has 34 heavy (non-hydrogen) atoms. The Morgan fingerprint density at radius 3 is 2.32 bits per heavy atom. The maximum Gasteiger partial charge on any atom is 0.337 e. The summed E-state index contributed by atoms with van der Waals surface area (Å²) in [6, 6.07) is 18.7. The first-order valence-electron chi connectivity index (χ1n) is 10.3. The molecule has 0 saturated carbocycles. The fourth-order valence-corrected chi connectivity index (χ4v) is 4.18. The summed E-state index contributed by atoms with van der Waals surface area (Å²) in [4.78, 5) is 39.8. The minimum absolute atomic E-state index is 0.0964. The Hall–Kier alpha value is -4.10. The number of carbonyl (C=O) groups excluding carboxylic acids is 3. The highest BCUT2D eigenvalue weighted by atomic mass is 35.5. The van der Waals surface area contributed by atoms with Crippen molar-refractivity contribution in [3.05, 3.63) is 100 Å². The van der Waals surface area contributed by atoms with Crippen molar-refractivity contribution < 1.29 is 29.0 Å². The summed E-state index contributed by atoms with van der Waals surface area (Å²) in [5, 5.41) is 11.4. The lowest BCUT2D eigenvalue weighted by molar-refractivity contribution is -0.132. The average Bonchev–Trinajstić information content (AvgIpc) is 3.13. The van der Waals surface area contributed by atoms with Gasteiger partial charge in [0.2, 0.25) is 0 Å². The zero-order valence-corrected chi connectivity index (χ0v) is 19.1. The number of esters is 1. The number of nitrogens with zero attached hydrogens (tertiary/aromatic N) is 1. The molecule has 1 saturated heterocycles. The molecule has 0 bridgehead atoms. The second-order valence-electron chi connectivity index (χ2n) is 7.47. The van der Waals surface area contributed by atoms with E-state index in [1.54, 1.807) is 60.7 Å². The predicted molar refractivity (Wildman–Crippen MR) is 127 cm³/mol. The van der Waals surface area contributed by atoms with Crippen LogP contribution in [0.15, 0.2) is 78.4 Å². The van der Waals surface area contributed by atoms with Crippen LogP contribution in [-0.2, 0) is 14.3 Å². The van der Waals surface area contributed by atoms with Gasteiger partial charge in [-0.05, 0) is 42.0 Å². The molecule has 1 aliphatic heterocycles. The molecular weight excluding hydrogens is 458 g/mol. The van der Waals surface area contributed by atoms with Crippen molar-refractivity contribution in [1.29, 1.82) is 0 Å². The lowest BCUT2D eigenvalue weighted by Crippen LogP contribution is -2.29. The normalized spacial score (nSPS) is 17.0. The number of anilines is 1. The first-order chi connectivity index (χ1) is 16.4. The maximum absolute atomic E-state index is 13.2. The second kappa shape index (κ2) is 9.41. The fourth-order valence-electron chi connectivity index (χ4n) is 3.92. The Morgan fingerprint density at radius 2 is 1.68 bits per heavy atom. The summed E-state index contributed by atoms with van der Waals surface area (Å²) in [5.74, 6) is -2.25. The van der Waals surface area contributed by atoms with Crippen LogP contribution in [0.4, 0.5) is 5.69 Å². The molecule has 4 rings (SSSR count). The average molecular weight is 478 g/mol. The number of hydrogen-bond donors (Lipinski definition) is 1. The molecule has 1 heterocycles. The van der Waals surface area contributed by atoms with Gasteiger partial charge >= 0.3 is 5.97 Å². The van der Waals surface area contributed by atoms with E-state index in [1.165, 1.54) is 31.3 Å². The van der Waals surface area contributed by atoms with Gasteiger partial charge in [0, 0.05) is 11.3 Å². The second-order valence-corrected chi connectivity index (χ2v) is 7.88. The van der Waals surface area contributed by atoms with E-state index in [-0.39, 0.29) is 27.5 Å². The summed E-state index contributed by atoms with van der Waals surface area (Å²) in [6.07, 6.45) is 0. The number of ketones is 1. The van der Waals surface area contributed by atoms with E-state index in [2.05, 4.69) is 0 Å². The van der Waals surface area contributed by atoms with Gasteiger partial charge < -0.3 is 14.6 Å². The number of carbonyl (C=O) groups is 3. The van der Waals surface area contributed by atoms with Crippen LogP contribution in [0.2, 0.25) is 5.02 Å².